The molecule has 24 heavy (non-hydrogen) atoms. The third-order valence-electron chi connectivity index (χ3n) is 3.24. The molecule has 124 valence electrons. The molecule has 0 aliphatic rings. The number of aromatic nitrogens is 3. The Morgan fingerprint density at radius 1 is 1.42 bits per heavy atom. The summed E-state index contributed by atoms with van der Waals surface area (Å²) in [6.07, 6.45) is 1.52. The van der Waals surface area contributed by atoms with Crippen LogP contribution in [-0.4, -0.2) is 26.9 Å². The second-order valence-corrected chi connectivity index (χ2v) is 5.64. The van der Waals surface area contributed by atoms with E-state index in [1.807, 2.05) is 0 Å². The standard InChI is InChI=1S/C14H13N5O4S/c1-22-11-5-4-10(19(20)21)7-9(11)8-24-14-17-16-13(18(14)15)12-3-2-6-23-12/h2-7H,8,15H2,1H3. The van der Waals surface area contributed by atoms with E-state index in [9.17, 15) is 10.1 Å². The maximum Gasteiger partial charge on any atom is 0.270 e. The quantitative estimate of drug-likeness (QED) is 0.312. The first-order valence-corrected chi connectivity index (χ1v) is 7.77. The molecule has 1 aromatic carbocycles. The molecule has 2 heterocycles. The van der Waals surface area contributed by atoms with Gasteiger partial charge in [0.2, 0.25) is 11.0 Å². The maximum atomic E-state index is 10.9. The van der Waals surface area contributed by atoms with Crippen molar-refractivity contribution in [3.05, 3.63) is 52.3 Å². The van der Waals surface area contributed by atoms with Crippen LogP contribution in [0.2, 0.25) is 0 Å². The molecular weight excluding hydrogens is 334 g/mol. The van der Waals surface area contributed by atoms with Crippen LogP contribution in [0.1, 0.15) is 5.56 Å². The Morgan fingerprint density at radius 3 is 2.92 bits per heavy atom. The first kappa shape index (κ1) is 15.9. The number of nitrogen functional groups attached to an aromatic ring is 1. The average Bonchev–Trinajstić information content (AvgIpc) is 3.22. The van der Waals surface area contributed by atoms with Gasteiger partial charge in [0, 0.05) is 23.4 Å². The Balaban J connectivity index is 1.81. The van der Waals surface area contributed by atoms with Gasteiger partial charge in [-0.15, -0.1) is 10.2 Å². The van der Waals surface area contributed by atoms with Crippen LogP contribution in [-0.2, 0) is 5.75 Å². The molecular formula is C14H13N5O4S. The van der Waals surface area contributed by atoms with Crippen molar-refractivity contribution >= 4 is 17.4 Å². The summed E-state index contributed by atoms with van der Waals surface area (Å²) in [6, 6.07) is 7.88. The SMILES string of the molecule is COc1ccc([N+](=O)[O-])cc1CSc1nnc(-c2ccco2)n1N. The molecule has 10 heteroatoms. The molecule has 0 bridgehead atoms. The predicted octanol–water partition coefficient (Wildman–Crippen LogP) is 2.46. The number of nitrogens with two attached hydrogens (primary N) is 1. The van der Waals surface area contributed by atoms with Crippen LogP contribution >= 0.6 is 11.8 Å². The minimum Gasteiger partial charge on any atom is -0.496 e. The number of ether oxygens (including phenoxy) is 1. The number of hydrogen-bond donors (Lipinski definition) is 1. The van der Waals surface area contributed by atoms with E-state index >= 15 is 0 Å². The van der Waals surface area contributed by atoms with Crippen molar-refractivity contribution in [3.63, 3.8) is 0 Å². The molecule has 0 saturated carbocycles. The first-order chi connectivity index (χ1) is 11.6. The highest BCUT2D eigenvalue weighted by molar-refractivity contribution is 7.98. The van der Waals surface area contributed by atoms with E-state index in [1.165, 1.54) is 41.9 Å². The van der Waals surface area contributed by atoms with Gasteiger partial charge in [-0.3, -0.25) is 10.1 Å². The van der Waals surface area contributed by atoms with Crippen LogP contribution in [0.5, 0.6) is 5.75 Å². The fourth-order valence-electron chi connectivity index (χ4n) is 2.08. The normalized spacial score (nSPS) is 10.7. The first-order valence-electron chi connectivity index (χ1n) is 6.78. The van der Waals surface area contributed by atoms with Gasteiger partial charge in [-0.2, -0.15) is 0 Å². The largest absolute Gasteiger partial charge is 0.496 e. The van der Waals surface area contributed by atoms with Gasteiger partial charge in [0.05, 0.1) is 18.3 Å². The summed E-state index contributed by atoms with van der Waals surface area (Å²) in [4.78, 5) is 10.5. The second-order valence-electron chi connectivity index (χ2n) is 4.70. The molecule has 0 spiro atoms. The highest BCUT2D eigenvalue weighted by Gasteiger charge is 2.16. The fraction of sp³-hybridized carbons (Fsp3) is 0.143. The molecule has 3 rings (SSSR count). The zero-order valence-electron chi connectivity index (χ0n) is 12.6. The zero-order valence-corrected chi connectivity index (χ0v) is 13.4. The maximum absolute atomic E-state index is 10.9. The number of rotatable bonds is 6. The minimum atomic E-state index is -0.450. The lowest BCUT2D eigenvalue weighted by atomic mass is 10.2. The summed E-state index contributed by atoms with van der Waals surface area (Å²) in [5.41, 5.74) is 0.663. The van der Waals surface area contributed by atoms with Crippen LogP contribution < -0.4 is 10.6 Å². The van der Waals surface area contributed by atoms with Crippen molar-refractivity contribution in [1.29, 1.82) is 0 Å². The molecule has 0 saturated heterocycles. The molecule has 0 radical (unpaired) electrons. The van der Waals surface area contributed by atoms with Gasteiger partial charge in [-0.25, -0.2) is 4.68 Å². The van der Waals surface area contributed by atoms with Gasteiger partial charge in [0.1, 0.15) is 5.75 Å². The van der Waals surface area contributed by atoms with Gasteiger partial charge < -0.3 is 15.0 Å². The molecule has 9 nitrogen and oxygen atoms in total. The fourth-order valence-corrected chi connectivity index (χ4v) is 2.92. The summed E-state index contributed by atoms with van der Waals surface area (Å²) in [6.45, 7) is 0. The van der Waals surface area contributed by atoms with E-state index in [0.717, 1.165) is 0 Å². The number of furan rings is 1. The predicted molar refractivity (Wildman–Crippen MR) is 87.1 cm³/mol. The monoisotopic (exact) mass is 347 g/mol. The van der Waals surface area contributed by atoms with Crippen molar-refractivity contribution in [2.24, 2.45) is 0 Å². The number of nitro benzene ring substituents is 1. The molecule has 0 aliphatic heterocycles. The second kappa shape index (κ2) is 6.62. The van der Waals surface area contributed by atoms with Gasteiger partial charge in [-0.1, -0.05) is 11.8 Å². The topological polar surface area (TPSA) is 122 Å². The van der Waals surface area contributed by atoms with Gasteiger partial charge in [0.25, 0.3) is 5.69 Å². The Bertz CT molecular complexity index is 862. The van der Waals surface area contributed by atoms with Crippen LogP contribution in [0.15, 0.2) is 46.2 Å². The highest BCUT2D eigenvalue weighted by atomic mass is 32.2. The molecule has 2 aromatic heterocycles. The highest BCUT2D eigenvalue weighted by Crippen LogP contribution is 2.30. The van der Waals surface area contributed by atoms with Gasteiger partial charge in [-0.05, 0) is 18.2 Å². The molecule has 0 aliphatic carbocycles. The summed E-state index contributed by atoms with van der Waals surface area (Å²) in [5.74, 6) is 7.82. The third-order valence-corrected chi connectivity index (χ3v) is 4.23. The van der Waals surface area contributed by atoms with E-state index in [1.54, 1.807) is 18.2 Å². The summed E-state index contributed by atoms with van der Waals surface area (Å²) >= 11 is 1.29. The van der Waals surface area contributed by atoms with Crippen molar-refractivity contribution in [3.8, 4) is 17.3 Å². The summed E-state index contributed by atoms with van der Waals surface area (Å²) < 4.78 is 11.8. The Morgan fingerprint density at radius 2 is 2.25 bits per heavy atom. The lowest BCUT2D eigenvalue weighted by Gasteiger charge is -2.07. The van der Waals surface area contributed by atoms with Crippen LogP contribution in [0, 0.1) is 10.1 Å². The smallest absolute Gasteiger partial charge is 0.270 e. The van der Waals surface area contributed by atoms with E-state index in [2.05, 4.69) is 10.2 Å². The lowest BCUT2D eigenvalue weighted by molar-refractivity contribution is -0.384. The van der Waals surface area contributed by atoms with Crippen molar-refractivity contribution in [2.45, 2.75) is 10.9 Å². The van der Waals surface area contributed by atoms with Gasteiger partial charge >= 0.3 is 0 Å². The zero-order chi connectivity index (χ0) is 17.1. The van der Waals surface area contributed by atoms with E-state index in [-0.39, 0.29) is 5.69 Å². The Kier molecular flexibility index (Phi) is 4.38. The van der Waals surface area contributed by atoms with E-state index < -0.39 is 4.92 Å². The molecule has 0 amide bonds. The van der Waals surface area contributed by atoms with Crippen molar-refractivity contribution < 1.29 is 14.1 Å². The molecule has 0 fully saturated rings. The number of methoxy groups -OCH3 is 1. The molecule has 3 aromatic rings. The average molecular weight is 347 g/mol. The number of benzene rings is 1. The Hall–Kier alpha value is -3.01. The van der Waals surface area contributed by atoms with Crippen molar-refractivity contribution in [1.82, 2.24) is 14.9 Å². The number of thioether (sulfide) groups is 1. The third kappa shape index (κ3) is 3.04. The van der Waals surface area contributed by atoms with E-state index in [0.29, 0.717) is 33.8 Å². The minimum absolute atomic E-state index is 0.00288. The summed E-state index contributed by atoms with van der Waals surface area (Å²) in [7, 11) is 1.51. The number of non-ortho nitro benzene ring substituents is 1. The molecule has 0 unspecified atom stereocenters. The van der Waals surface area contributed by atoms with Crippen LogP contribution in [0.25, 0.3) is 11.6 Å². The van der Waals surface area contributed by atoms with Crippen LogP contribution in [0.4, 0.5) is 5.69 Å². The molecule has 0 atom stereocenters. The molecule has 2 N–H and O–H groups in total. The van der Waals surface area contributed by atoms with Gasteiger partial charge in [0.15, 0.2) is 5.76 Å². The summed E-state index contributed by atoms with van der Waals surface area (Å²) in [5, 5.41) is 19.4. The van der Waals surface area contributed by atoms with Crippen LogP contribution in [0.3, 0.4) is 0 Å². The van der Waals surface area contributed by atoms with E-state index in [4.69, 9.17) is 15.0 Å². The number of nitrogens with zero attached hydrogens (tertiary/aromatic N) is 4. The van der Waals surface area contributed by atoms with Crippen molar-refractivity contribution in [2.75, 3.05) is 13.0 Å². The Labute approximate surface area is 140 Å². The number of hydrogen-bond acceptors (Lipinski definition) is 8. The number of nitro groups is 1. The lowest BCUT2D eigenvalue weighted by Crippen LogP contribution is -2.11.